The van der Waals surface area contributed by atoms with Crippen LogP contribution in [0.4, 0.5) is 5.69 Å². The number of anilines is 1. The van der Waals surface area contributed by atoms with Gasteiger partial charge in [0.15, 0.2) is 0 Å². The molecule has 0 aliphatic heterocycles. The summed E-state index contributed by atoms with van der Waals surface area (Å²) in [5, 5.41) is 2.55. The lowest BCUT2D eigenvalue weighted by molar-refractivity contribution is -0.145. The van der Waals surface area contributed by atoms with Crippen LogP contribution in [0.3, 0.4) is 0 Å². The van der Waals surface area contributed by atoms with Crippen molar-refractivity contribution in [3.8, 4) is 5.75 Å². The molecule has 1 unspecified atom stereocenters. The Bertz CT molecular complexity index is 982. The number of amides is 1. The highest BCUT2D eigenvalue weighted by Gasteiger charge is 2.23. The molecule has 30 heavy (non-hydrogen) atoms. The van der Waals surface area contributed by atoms with E-state index in [1.165, 1.54) is 38.1 Å². The Labute approximate surface area is 176 Å². The van der Waals surface area contributed by atoms with E-state index in [0.717, 1.165) is 16.9 Å². The van der Waals surface area contributed by atoms with Gasteiger partial charge in [-0.05, 0) is 56.2 Å². The number of esters is 1. The second-order valence-corrected chi connectivity index (χ2v) is 8.50. The summed E-state index contributed by atoms with van der Waals surface area (Å²) >= 11 is 0. The van der Waals surface area contributed by atoms with Crippen LogP contribution in [-0.2, 0) is 24.3 Å². The first-order chi connectivity index (χ1) is 14.1. The van der Waals surface area contributed by atoms with Crippen LogP contribution in [0, 0.1) is 13.8 Å². The van der Waals surface area contributed by atoms with Gasteiger partial charge in [0.2, 0.25) is 15.9 Å². The molecule has 0 radical (unpaired) electrons. The maximum absolute atomic E-state index is 12.4. The number of hydrogen-bond donors (Lipinski definition) is 2. The summed E-state index contributed by atoms with van der Waals surface area (Å²) in [7, 11) is -3.93. The molecule has 0 aliphatic carbocycles. The normalized spacial score (nSPS) is 12.1. The quantitative estimate of drug-likeness (QED) is 0.464. The third-order valence-electron chi connectivity index (χ3n) is 4.15. The molecule has 162 valence electrons. The Hall–Kier alpha value is -2.91. The van der Waals surface area contributed by atoms with E-state index in [1.54, 1.807) is 0 Å². The van der Waals surface area contributed by atoms with Crippen molar-refractivity contribution in [3.05, 3.63) is 53.6 Å². The molecule has 2 N–H and O–H groups in total. The lowest BCUT2D eigenvalue weighted by atomic mass is 10.1. The van der Waals surface area contributed by atoms with E-state index in [1.807, 2.05) is 32.0 Å². The standard InChI is InChI=1S/C21H26N2O6S/c1-14-6-5-7-15(2)20(14)28-12-13-29-21(25)16(3)23-30(26,27)19-10-8-18(9-11-19)22-17(4)24/h5-11,16,23H,12-13H2,1-4H3,(H,22,24). The Balaban J connectivity index is 1.86. The average molecular weight is 435 g/mol. The number of benzene rings is 2. The van der Waals surface area contributed by atoms with Gasteiger partial charge in [0.05, 0.1) is 4.90 Å². The van der Waals surface area contributed by atoms with Crippen LogP contribution in [0.1, 0.15) is 25.0 Å². The number of sulfonamides is 1. The summed E-state index contributed by atoms with van der Waals surface area (Å²) < 4.78 is 37.9. The van der Waals surface area contributed by atoms with E-state index in [2.05, 4.69) is 10.0 Å². The zero-order valence-corrected chi connectivity index (χ0v) is 18.2. The lowest BCUT2D eigenvalue weighted by Crippen LogP contribution is -2.39. The van der Waals surface area contributed by atoms with Gasteiger partial charge in [-0.1, -0.05) is 18.2 Å². The highest BCUT2D eigenvalue weighted by Crippen LogP contribution is 2.22. The molecule has 1 atom stereocenters. The smallest absolute Gasteiger partial charge is 0.324 e. The van der Waals surface area contributed by atoms with Crippen LogP contribution in [0.2, 0.25) is 0 Å². The van der Waals surface area contributed by atoms with Gasteiger partial charge >= 0.3 is 5.97 Å². The Kier molecular flexibility index (Phi) is 7.96. The minimum Gasteiger partial charge on any atom is -0.489 e. The van der Waals surface area contributed by atoms with Gasteiger partial charge in [0.25, 0.3) is 0 Å². The molecule has 8 nitrogen and oxygen atoms in total. The fraction of sp³-hybridized carbons (Fsp3) is 0.333. The Morgan fingerprint density at radius 1 is 1.00 bits per heavy atom. The first-order valence-electron chi connectivity index (χ1n) is 9.36. The van der Waals surface area contributed by atoms with Crippen LogP contribution >= 0.6 is 0 Å². The molecule has 9 heteroatoms. The molecule has 2 rings (SSSR count). The molecule has 0 fully saturated rings. The molecule has 0 aliphatic rings. The molecule has 0 heterocycles. The monoisotopic (exact) mass is 434 g/mol. The van der Waals surface area contributed by atoms with Crippen molar-refractivity contribution in [1.29, 1.82) is 0 Å². The molecule has 2 aromatic rings. The lowest BCUT2D eigenvalue weighted by Gasteiger charge is -2.15. The zero-order valence-electron chi connectivity index (χ0n) is 17.4. The predicted molar refractivity (Wildman–Crippen MR) is 113 cm³/mol. The molecule has 0 saturated heterocycles. The number of para-hydroxylation sites is 1. The summed E-state index contributed by atoms with van der Waals surface area (Å²) in [6, 6.07) is 10.3. The van der Waals surface area contributed by atoms with Gasteiger partial charge in [-0.2, -0.15) is 4.72 Å². The second kappa shape index (κ2) is 10.2. The van der Waals surface area contributed by atoms with Crippen LogP contribution in [-0.4, -0.2) is 39.5 Å². The van der Waals surface area contributed by atoms with Gasteiger partial charge in [0, 0.05) is 12.6 Å². The Morgan fingerprint density at radius 2 is 1.60 bits per heavy atom. The van der Waals surface area contributed by atoms with Crippen molar-refractivity contribution in [2.24, 2.45) is 0 Å². The minimum absolute atomic E-state index is 0.00983. The zero-order chi connectivity index (χ0) is 22.3. The SMILES string of the molecule is CC(=O)Nc1ccc(S(=O)(=O)NC(C)C(=O)OCCOc2c(C)cccc2C)cc1. The maximum atomic E-state index is 12.4. The topological polar surface area (TPSA) is 111 Å². The van der Waals surface area contributed by atoms with E-state index in [4.69, 9.17) is 9.47 Å². The van der Waals surface area contributed by atoms with Gasteiger partial charge < -0.3 is 14.8 Å². The first-order valence-corrected chi connectivity index (χ1v) is 10.8. The van der Waals surface area contributed by atoms with Gasteiger partial charge in [-0.25, -0.2) is 8.42 Å². The molecule has 0 spiro atoms. The van der Waals surface area contributed by atoms with E-state index in [0.29, 0.717) is 5.69 Å². The number of nitrogens with one attached hydrogen (secondary N) is 2. The Morgan fingerprint density at radius 3 is 2.17 bits per heavy atom. The highest BCUT2D eigenvalue weighted by molar-refractivity contribution is 7.89. The highest BCUT2D eigenvalue weighted by atomic mass is 32.2. The summed E-state index contributed by atoms with van der Waals surface area (Å²) in [5.74, 6) is -0.231. The number of hydrogen-bond acceptors (Lipinski definition) is 6. The van der Waals surface area contributed by atoms with Crippen LogP contribution in [0.5, 0.6) is 5.75 Å². The average Bonchev–Trinajstić information content (AvgIpc) is 2.66. The molecule has 0 bridgehead atoms. The van der Waals surface area contributed by atoms with Crippen LogP contribution in [0.15, 0.2) is 47.4 Å². The molecule has 1 amide bonds. The molecular formula is C21H26N2O6S. The van der Waals surface area contributed by atoms with Crippen molar-refractivity contribution in [2.45, 2.75) is 38.6 Å². The van der Waals surface area contributed by atoms with E-state index in [-0.39, 0.29) is 24.0 Å². The molecule has 0 aromatic heterocycles. The van der Waals surface area contributed by atoms with E-state index < -0.39 is 22.0 Å². The number of carbonyl (C=O) groups is 2. The largest absolute Gasteiger partial charge is 0.489 e. The van der Waals surface area contributed by atoms with Crippen molar-refractivity contribution in [3.63, 3.8) is 0 Å². The van der Waals surface area contributed by atoms with Crippen molar-refractivity contribution < 1.29 is 27.5 Å². The van der Waals surface area contributed by atoms with Crippen molar-refractivity contribution >= 4 is 27.6 Å². The van der Waals surface area contributed by atoms with Gasteiger partial charge in [-0.15, -0.1) is 0 Å². The molecule has 2 aromatic carbocycles. The molecule has 0 saturated carbocycles. The maximum Gasteiger partial charge on any atom is 0.324 e. The third kappa shape index (κ3) is 6.57. The summed E-state index contributed by atoms with van der Waals surface area (Å²) in [6.07, 6.45) is 0. The van der Waals surface area contributed by atoms with Crippen LogP contribution in [0.25, 0.3) is 0 Å². The summed E-state index contributed by atoms with van der Waals surface area (Å²) in [6.45, 7) is 6.75. The number of aryl methyl sites for hydroxylation is 2. The summed E-state index contributed by atoms with van der Waals surface area (Å²) in [5.41, 5.74) is 2.43. The number of ether oxygens (including phenoxy) is 2. The van der Waals surface area contributed by atoms with E-state index in [9.17, 15) is 18.0 Å². The minimum atomic E-state index is -3.93. The first kappa shape index (κ1) is 23.4. The van der Waals surface area contributed by atoms with Crippen molar-refractivity contribution in [2.75, 3.05) is 18.5 Å². The van der Waals surface area contributed by atoms with Gasteiger partial charge in [0.1, 0.15) is 25.0 Å². The fourth-order valence-electron chi connectivity index (χ4n) is 2.71. The fourth-order valence-corrected chi connectivity index (χ4v) is 3.90. The summed E-state index contributed by atoms with van der Waals surface area (Å²) in [4.78, 5) is 23.1. The number of rotatable bonds is 9. The van der Waals surface area contributed by atoms with Gasteiger partial charge in [-0.3, -0.25) is 9.59 Å². The third-order valence-corrected chi connectivity index (χ3v) is 5.71. The van der Waals surface area contributed by atoms with E-state index >= 15 is 0 Å². The molecular weight excluding hydrogens is 408 g/mol. The van der Waals surface area contributed by atoms with Crippen molar-refractivity contribution in [1.82, 2.24) is 4.72 Å². The van der Waals surface area contributed by atoms with Crippen LogP contribution < -0.4 is 14.8 Å². The number of carbonyl (C=O) groups excluding carboxylic acids is 2. The second-order valence-electron chi connectivity index (χ2n) is 6.79. The predicted octanol–water partition coefficient (Wildman–Crippen LogP) is 2.55.